The summed E-state index contributed by atoms with van der Waals surface area (Å²) in [5, 5.41) is 3.01. The lowest BCUT2D eigenvalue weighted by Crippen LogP contribution is -2.21. The second-order valence-corrected chi connectivity index (χ2v) is 7.50. The lowest BCUT2D eigenvalue weighted by molar-refractivity contribution is 0.0955. The summed E-state index contributed by atoms with van der Waals surface area (Å²) in [6.45, 7) is 3.09. The largest absolute Gasteiger partial charge is 0.497 e. The van der Waals surface area contributed by atoms with Crippen molar-refractivity contribution in [2.75, 3.05) is 14.2 Å². The van der Waals surface area contributed by atoms with Gasteiger partial charge in [0.2, 0.25) is 0 Å². The van der Waals surface area contributed by atoms with Gasteiger partial charge in [0.25, 0.3) is 5.91 Å². The molecule has 0 radical (unpaired) electrons. The minimum atomic E-state index is -0.0555. The molecular formula is C22H23NO3S. The summed E-state index contributed by atoms with van der Waals surface area (Å²) in [5.74, 6) is 0.764. The highest BCUT2D eigenvalue weighted by atomic mass is 32.1. The van der Waals surface area contributed by atoms with E-state index < -0.39 is 0 Å². The van der Waals surface area contributed by atoms with Gasteiger partial charge in [0.1, 0.15) is 5.75 Å². The molecule has 0 bridgehead atoms. The summed E-state index contributed by atoms with van der Waals surface area (Å²) in [6.07, 6.45) is 0. The van der Waals surface area contributed by atoms with E-state index in [1.54, 1.807) is 14.2 Å². The van der Waals surface area contributed by atoms with Crippen molar-refractivity contribution in [3.8, 4) is 16.9 Å². The van der Waals surface area contributed by atoms with Crippen molar-refractivity contribution >= 4 is 17.2 Å². The number of carbonyl (C=O) groups is 1. The second kappa shape index (κ2) is 8.84. The van der Waals surface area contributed by atoms with Crippen LogP contribution in [0.2, 0.25) is 0 Å². The van der Waals surface area contributed by atoms with Crippen molar-refractivity contribution < 1.29 is 14.3 Å². The number of carbonyl (C=O) groups excluding carboxylic acids is 1. The summed E-state index contributed by atoms with van der Waals surface area (Å²) in [6, 6.07) is 17.9. The summed E-state index contributed by atoms with van der Waals surface area (Å²) < 4.78 is 10.4. The van der Waals surface area contributed by atoms with Crippen molar-refractivity contribution in [3.05, 3.63) is 75.5 Å². The van der Waals surface area contributed by atoms with Gasteiger partial charge in [-0.05, 0) is 47.4 Å². The van der Waals surface area contributed by atoms with Gasteiger partial charge >= 0.3 is 0 Å². The van der Waals surface area contributed by atoms with Crippen LogP contribution in [0.5, 0.6) is 5.75 Å². The molecule has 1 heterocycles. The van der Waals surface area contributed by atoms with Crippen LogP contribution in [0.4, 0.5) is 0 Å². The van der Waals surface area contributed by atoms with E-state index in [2.05, 4.69) is 5.32 Å². The number of nitrogens with one attached hydrogen (secondary N) is 1. The van der Waals surface area contributed by atoms with E-state index in [9.17, 15) is 4.79 Å². The van der Waals surface area contributed by atoms with Crippen LogP contribution in [-0.2, 0) is 17.9 Å². The normalized spacial score (nSPS) is 10.6. The Morgan fingerprint density at radius 2 is 1.78 bits per heavy atom. The minimum absolute atomic E-state index is 0.0555. The summed E-state index contributed by atoms with van der Waals surface area (Å²) in [4.78, 5) is 14.4. The fourth-order valence-corrected chi connectivity index (χ4v) is 3.87. The molecule has 0 saturated carbocycles. The maximum atomic E-state index is 12.6. The molecule has 1 aromatic heterocycles. The quantitative estimate of drug-likeness (QED) is 0.639. The number of thiophene rings is 1. The number of rotatable bonds is 7. The van der Waals surface area contributed by atoms with E-state index in [4.69, 9.17) is 9.47 Å². The molecule has 4 nitrogen and oxygen atoms in total. The molecule has 0 fully saturated rings. The maximum absolute atomic E-state index is 12.6. The van der Waals surface area contributed by atoms with Crippen LogP contribution in [-0.4, -0.2) is 20.1 Å². The lowest BCUT2D eigenvalue weighted by Gasteiger charge is -2.06. The van der Waals surface area contributed by atoms with Gasteiger partial charge in [-0.3, -0.25) is 4.79 Å². The fraction of sp³-hybridized carbons (Fsp3) is 0.227. The summed E-state index contributed by atoms with van der Waals surface area (Å²) in [5.41, 5.74) is 4.31. The molecular weight excluding hydrogens is 358 g/mol. The molecule has 0 aliphatic heterocycles. The third-order valence-electron chi connectivity index (χ3n) is 4.30. The van der Waals surface area contributed by atoms with E-state index in [-0.39, 0.29) is 5.91 Å². The van der Waals surface area contributed by atoms with Crippen molar-refractivity contribution in [2.24, 2.45) is 0 Å². The van der Waals surface area contributed by atoms with Crippen LogP contribution >= 0.6 is 11.3 Å². The molecule has 0 spiro atoms. The summed E-state index contributed by atoms with van der Waals surface area (Å²) >= 11 is 1.51. The number of ether oxygens (including phenoxy) is 2. The molecule has 0 unspecified atom stereocenters. The Kier molecular flexibility index (Phi) is 6.27. The number of hydrogen-bond donors (Lipinski definition) is 1. The van der Waals surface area contributed by atoms with Crippen LogP contribution in [0.25, 0.3) is 11.1 Å². The molecule has 0 saturated heterocycles. The molecule has 140 valence electrons. The van der Waals surface area contributed by atoms with Crippen LogP contribution in [0.1, 0.15) is 25.7 Å². The predicted octanol–water partition coefficient (Wildman–Crippen LogP) is 4.81. The average molecular weight is 381 g/mol. The Morgan fingerprint density at radius 3 is 2.48 bits per heavy atom. The Labute approximate surface area is 163 Å². The van der Waals surface area contributed by atoms with Gasteiger partial charge in [0.05, 0.1) is 18.6 Å². The molecule has 27 heavy (non-hydrogen) atoms. The van der Waals surface area contributed by atoms with Crippen molar-refractivity contribution in [1.29, 1.82) is 0 Å². The average Bonchev–Trinajstić information content (AvgIpc) is 3.08. The van der Waals surface area contributed by atoms with Gasteiger partial charge in [-0.25, -0.2) is 0 Å². The van der Waals surface area contributed by atoms with Gasteiger partial charge in [0, 0.05) is 18.5 Å². The minimum Gasteiger partial charge on any atom is -0.497 e. The highest BCUT2D eigenvalue weighted by Crippen LogP contribution is 2.32. The second-order valence-electron chi connectivity index (χ2n) is 6.24. The third kappa shape index (κ3) is 4.76. The lowest BCUT2D eigenvalue weighted by atomic mass is 10.1. The SMILES string of the molecule is COCc1cccc(CNC(=O)c2cc(-c3ccc(OC)cc3)c(C)s2)c1. The van der Waals surface area contributed by atoms with Crippen molar-refractivity contribution in [1.82, 2.24) is 5.32 Å². The van der Waals surface area contributed by atoms with E-state index in [0.717, 1.165) is 32.9 Å². The number of amides is 1. The molecule has 5 heteroatoms. The van der Waals surface area contributed by atoms with Crippen molar-refractivity contribution in [3.63, 3.8) is 0 Å². The molecule has 3 rings (SSSR count). The maximum Gasteiger partial charge on any atom is 0.261 e. The number of hydrogen-bond acceptors (Lipinski definition) is 4. The molecule has 2 aromatic carbocycles. The third-order valence-corrected chi connectivity index (χ3v) is 5.35. The van der Waals surface area contributed by atoms with Crippen LogP contribution in [0.3, 0.4) is 0 Å². The molecule has 3 aromatic rings. The Balaban J connectivity index is 1.69. The first kappa shape index (κ1) is 19.1. The van der Waals surface area contributed by atoms with Crippen LogP contribution < -0.4 is 10.1 Å². The Hall–Kier alpha value is -2.63. The summed E-state index contributed by atoms with van der Waals surface area (Å²) in [7, 11) is 3.33. The first-order valence-corrected chi connectivity index (χ1v) is 9.52. The number of methoxy groups -OCH3 is 2. The molecule has 0 atom stereocenters. The van der Waals surface area contributed by atoms with Crippen LogP contribution in [0.15, 0.2) is 54.6 Å². The zero-order chi connectivity index (χ0) is 19.2. The highest BCUT2D eigenvalue weighted by Gasteiger charge is 2.13. The van der Waals surface area contributed by atoms with E-state index in [1.807, 2.05) is 61.5 Å². The van der Waals surface area contributed by atoms with Gasteiger partial charge < -0.3 is 14.8 Å². The van der Waals surface area contributed by atoms with E-state index in [0.29, 0.717) is 18.0 Å². The van der Waals surface area contributed by atoms with Gasteiger partial charge in [0.15, 0.2) is 0 Å². The van der Waals surface area contributed by atoms with Crippen LogP contribution in [0, 0.1) is 6.92 Å². The smallest absolute Gasteiger partial charge is 0.261 e. The highest BCUT2D eigenvalue weighted by molar-refractivity contribution is 7.14. The Morgan fingerprint density at radius 1 is 1.04 bits per heavy atom. The monoisotopic (exact) mass is 381 g/mol. The first-order chi connectivity index (χ1) is 13.1. The molecule has 1 amide bonds. The zero-order valence-electron chi connectivity index (χ0n) is 15.7. The van der Waals surface area contributed by atoms with Gasteiger partial charge in [-0.1, -0.05) is 36.4 Å². The molecule has 0 aliphatic carbocycles. The topological polar surface area (TPSA) is 47.6 Å². The molecule has 0 aliphatic rings. The number of benzene rings is 2. The number of aryl methyl sites for hydroxylation is 1. The van der Waals surface area contributed by atoms with E-state index >= 15 is 0 Å². The van der Waals surface area contributed by atoms with Gasteiger partial charge in [-0.15, -0.1) is 11.3 Å². The van der Waals surface area contributed by atoms with Gasteiger partial charge in [-0.2, -0.15) is 0 Å². The van der Waals surface area contributed by atoms with E-state index in [1.165, 1.54) is 11.3 Å². The van der Waals surface area contributed by atoms with Crippen molar-refractivity contribution in [2.45, 2.75) is 20.1 Å². The zero-order valence-corrected chi connectivity index (χ0v) is 16.6. The Bertz CT molecular complexity index is 916. The first-order valence-electron chi connectivity index (χ1n) is 8.70. The standard InChI is InChI=1S/C22H23NO3S/c1-15-20(18-7-9-19(26-3)10-8-18)12-21(27-15)22(24)23-13-16-5-4-6-17(11-16)14-25-2/h4-12H,13-14H2,1-3H3,(H,23,24). The fourth-order valence-electron chi connectivity index (χ4n) is 2.92. The molecule has 1 N–H and O–H groups in total. The predicted molar refractivity (Wildman–Crippen MR) is 109 cm³/mol.